The van der Waals surface area contributed by atoms with E-state index in [1.165, 1.54) is 30.5 Å². The lowest BCUT2D eigenvalue weighted by atomic mass is 10.2. The third-order valence-corrected chi connectivity index (χ3v) is 4.71. The summed E-state index contributed by atoms with van der Waals surface area (Å²) >= 11 is 23.7. The van der Waals surface area contributed by atoms with Crippen molar-refractivity contribution in [2.24, 2.45) is 0 Å². The number of pyridine rings is 1. The minimum atomic E-state index is -0.475. The van der Waals surface area contributed by atoms with Crippen LogP contribution in [0.2, 0.25) is 20.1 Å². The van der Waals surface area contributed by atoms with Crippen LogP contribution in [-0.4, -0.2) is 16.8 Å². The average Bonchev–Trinajstić information content (AvgIpc) is 2.66. The number of benzene rings is 2. The number of amides is 2. The summed E-state index contributed by atoms with van der Waals surface area (Å²) in [6.07, 6.45) is 1.29. The first-order valence-corrected chi connectivity index (χ1v) is 9.33. The van der Waals surface area contributed by atoms with Gasteiger partial charge >= 0.3 is 0 Å². The van der Waals surface area contributed by atoms with Crippen molar-refractivity contribution >= 4 is 69.6 Å². The summed E-state index contributed by atoms with van der Waals surface area (Å²) in [7, 11) is 0. The maximum absolute atomic E-state index is 12.3. The molecule has 2 aromatic carbocycles. The summed E-state index contributed by atoms with van der Waals surface area (Å²) in [6, 6.07) is 12.3. The van der Waals surface area contributed by atoms with Gasteiger partial charge in [0.2, 0.25) is 0 Å². The zero-order chi connectivity index (χ0) is 20.3. The van der Waals surface area contributed by atoms with E-state index in [0.717, 1.165) is 0 Å². The van der Waals surface area contributed by atoms with E-state index in [1.54, 1.807) is 24.3 Å². The lowest BCUT2D eigenvalue weighted by Gasteiger charge is -2.09. The van der Waals surface area contributed by atoms with E-state index in [9.17, 15) is 9.59 Å². The number of halogens is 4. The molecule has 0 aliphatic carbocycles. The molecule has 0 unspecified atom stereocenters. The predicted octanol–water partition coefficient (Wildman–Crippen LogP) is 6.20. The lowest BCUT2D eigenvalue weighted by molar-refractivity contribution is 0.101. The van der Waals surface area contributed by atoms with E-state index in [-0.39, 0.29) is 11.3 Å². The highest BCUT2D eigenvalue weighted by Crippen LogP contribution is 2.27. The molecule has 0 fully saturated rings. The lowest BCUT2D eigenvalue weighted by Crippen LogP contribution is -2.16. The summed E-state index contributed by atoms with van der Waals surface area (Å²) in [6.45, 7) is 0. The Morgan fingerprint density at radius 3 is 1.71 bits per heavy atom. The molecule has 3 aromatic rings. The van der Waals surface area contributed by atoms with Gasteiger partial charge in [0.05, 0.1) is 27.0 Å². The monoisotopic (exact) mass is 453 g/mol. The molecule has 9 heteroatoms. The van der Waals surface area contributed by atoms with Crippen molar-refractivity contribution in [1.82, 2.24) is 4.98 Å². The first-order chi connectivity index (χ1) is 13.3. The van der Waals surface area contributed by atoms with Crippen LogP contribution in [0.4, 0.5) is 11.4 Å². The Bertz CT molecular complexity index is 971. The summed E-state index contributed by atoms with van der Waals surface area (Å²) in [5.74, 6) is -0.902. The van der Waals surface area contributed by atoms with Crippen LogP contribution >= 0.6 is 46.4 Å². The third kappa shape index (κ3) is 4.94. The van der Waals surface area contributed by atoms with Crippen molar-refractivity contribution in [3.63, 3.8) is 0 Å². The van der Waals surface area contributed by atoms with Crippen LogP contribution in [0.1, 0.15) is 20.8 Å². The molecule has 28 heavy (non-hydrogen) atoms. The van der Waals surface area contributed by atoms with Crippen molar-refractivity contribution in [2.75, 3.05) is 10.6 Å². The SMILES string of the molecule is O=C(Nc1ccc(Cl)cc1Cl)c1ccc(C(=O)Nc2ccc(Cl)cc2Cl)nc1. The molecule has 0 radical (unpaired) electrons. The fourth-order valence-corrected chi connectivity index (χ4v) is 3.14. The van der Waals surface area contributed by atoms with E-state index in [2.05, 4.69) is 15.6 Å². The van der Waals surface area contributed by atoms with Gasteiger partial charge in [0.15, 0.2) is 0 Å². The van der Waals surface area contributed by atoms with Crippen LogP contribution in [0.25, 0.3) is 0 Å². The minimum absolute atomic E-state index is 0.118. The first-order valence-electron chi connectivity index (χ1n) is 7.82. The number of nitrogens with one attached hydrogen (secondary N) is 2. The normalized spacial score (nSPS) is 10.4. The molecule has 1 heterocycles. The smallest absolute Gasteiger partial charge is 0.274 e. The Balaban J connectivity index is 1.70. The number of hydrogen-bond donors (Lipinski definition) is 2. The largest absolute Gasteiger partial charge is 0.321 e. The molecular formula is C19H11Cl4N3O2. The molecule has 2 N–H and O–H groups in total. The van der Waals surface area contributed by atoms with E-state index in [1.807, 2.05) is 0 Å². The molecular weight excluding hydrogens is 444 g/mol. The average molecular weight is 455 g/mol. The van der Waals surface area contributed by atoms with Gasteiger partial charge in [0, 0.05) is 16.2 Å². The van der Waals surface area contributed by atoms with Crippen LogP contribution in [0.5, 0.6) is 0 Å². The second kappa shape index (κ2) is 8.80. The van der Waals surface area contributed by atoms with Crippen LogP contribution in [0.15, 0.2) is 54.7 Å². The maximum atomic E-state index is 12.3. The fraction of sp³-hybridized carbons (Fsp3) is 0. The van der Waals surface area contributed by atoms with E-state index < -0.39 is 11.8 Å². The minimum Gasteiger partial charge on any atom is -0.321 e. The zero-order valence-electron chi connectivity index (χ0n) is 14.0. The number of aromatic nitrogens is 1. The predicted molar refractivity (Wildman–Crippen MR) is 113 cm³/mol. The van der Waals surface area contributed by atoms with Crippen molar-refractivity contribution in [3.8, 4) is 0 Å². The van der Waals surface area contributed by atoms with Crippen LogP contribution in [0.3, 0.4) is 0 Å². The molecule has 0 saturated carbocycles. The summed E-state index contributed by atoms with van der Waals surface area (Å²) < 4.78 is 0. The van der Waals surface area contributed by atoms with Gasteiger partial charge in [0.25, 0.3) is 11.8 Å². The Morgan fingerprint density at radius 2 is 1.25 bits per heavy atom. The Kier molecular flexibility index (Phi) is 6.42. The highest BCUT2D eigenvalue weighted by Gasteiger charge is 2.13. The van der Waals surface area contributed by atoms with E-state index >= 15 is 0 Å². The summed E-state index contributed by atoms with van der Waals surface area (Å²) in [5.41, 5.74) is 1.19. The van der Waals surface area contributed by atoms with Crippen molar-refractivity contribution in [1.29, 1.82) is 0 Å². The molecule has 1 aromatic heterocycles. The third-order valence-electron chi connectivity index (χ3n) is 3.62. The molecule has 0 aliphatic rings. The first kappa shape index (κ1) is 20.4. The van der Waals surface area contributed by atoms with Crippen molar-refractivity contribution < 1.29 is 9.59 Å². The second-order valence-electron chi connectivity index (χ2n) is 5.59. The van der Waals surface area contributed by atoms with Gasteiger partial charge in [0.1, 0.15) is 5.69 Å². The van der Waals surface area contributed by atoms with Gasteiger partial charge in [-0.15, -0.1) is 0 Å². The highest BCUT2D eigenvalue weighted by molar-refractivity contribution is 6.37. The van der Waals surface area contributed by atoms with Gasteiger partial charge in [-0.2, -0.15) is 0 Å². The van der Waals surface area contributed by atoms with Crippen molar-refractivity contribution in [2.45, 2.75) is 0 Å². The van der Waals surface area contributed by atoms with Gasteiger partial charge in [-0.1, -0.05) is 46.4 Å². The molecule has 3 rings (SSSR count). The Labute approximate surface area is 180 Å². The second-order valence-corrected chi connectivity index (χ2v) is 7.28. The van der Waals surface area contributed by atoms with Crippen LogP contribution in [-0.2, 0) is 0 Å². The summed E-state index contributed by atoms with van der Waals surface area (Å²) in [5, 5.41) is 6.81. The number of anilines is 2. The van der Waals surface area contributed by atoms with Crippen molar-refractivity contribution in [3.05, 3.63) is 86.1 Å². The number of nitrogens with zero attached hydrogens (tertiary/aromatic N) is 1. The van der Waals surface area contributed by atoms with Gasteiger partial charge < -0.3 is 10.6 Å². The number of carbonyl (C=O) groups is 2. The Hall–Kier alpha value is -2.31. The highest BCUT2D eigenvalue weighted by atomic mass is 35.5. The van der Waals surface area contributed by atoms with Gasteiger partial charge in [-0.25, -0.2) is 0 Å². The molecule has 0 bridgehead atoms. The molecule has 0 aliphatic heterocycles. The van der Waals surface area contributed by atoms with Gasteiger partial charge in [-0.05, 0) is 48.5 Å². The van der Waals surface area contributed by atoms with E-state index in [4.69, 9.17) is 46.4 Å². The molecule has 5 nitrogen and oxygen atoms in total. The quantitative estimate of drug-likeness (QED) is 0.492. The number of carbonyl (C=O) groups excluding carboxylic acids is 2. The molecule has 142 valence electrons. The molecule has 2 amide bonds. The maximum Gasteiger partial charge on any atom is 0.274 e. The number of hydrogen-bond acceptors (Lipinski definition) is 3. The standard InChI is InChI=1S/C19H11Cl4N3O2/c20-11-2-5-15(13(22)7-11)25-18(27)10-1-4-17(24-9-10)19(28)26-16-6-3-12(21)8-14(16)23/h1-9H,(H,25,27)(H,26,28). The van der Waals surface area contributed by atoms with Gasteiger partial charge in [-0.3, -0.25) is 14.6 Å². The number of rotatable bonds is 4. The summed E-state index contributed by atoms with van der Waals surface area (Å²) in [4.78, 5) is 28.7. The molecule has 0 atom stereocenters. The van der Waals surface area contributed by atoms with Crippen LogP contribution < -0.4 is 10.6 Å². The Morgan fingerprint density at radius 1 is 0.714 bits per heavy atom. The fourth-order valence-electron chi connectivity index (χ4n) is 2.23. The van der Waals surface area contributed by atoms with Crippen LogP contribution in [0, 0.1) is 0 Å². The molecule has 0 spiro atoms. The zero-order valence-corrected chi connectivity index (χ0v) is 17.0. The van der Waals surface area contributed by atoms with E-state index in [0.29, 0.717) is 31.5 Å². The molecule has 0 saturated heterocycles. The topological polar surface area (TPSA) is 71.1 Å².